The van der Waals surface area contributed by atoms with E-state index < -0.39 is 10.0 Å². The fourth-order valence-corrected chi connectivity index (χ4v) is 2.37. The predicted molar refractivity (Wildman–Crippen MR) is 69.9 cm³/mol. The number of hydrogen-bond acceptors (Lipinski definition) is 2. The van der Waals surface area contributed by atoms with Crippen molar-refractivity contribution in [3.05, 3.63) is 35.0 Å². The fraction of sp³-hybridized carbons (Fsp3) is 0.273. The number of hydrogen-bond donors (Lipinski definition) is 2. The number of nitrogens with one attached hydrogen (secondary N) is 2. The van der Waals surface area contributed by atoms with Gasteiger partial charge in [-0.1, -0.05) is 11.6 Å². The van der Waals surface area contributed by atoms with Crippen molar-refractivity contribution in [2.45, 2.75) is 6.42 Å². The number of aromatic nitrogens is 1. The molecule has 1 aromatic carbocycles. The molecule has 4 nitrogen and oxygen atoms in total. The van der Waals surface area contributed by atoms with E-state index in [-0.39, 0.29) is 0 Å². The van der Waals surface area contributed by atoms with E-state index in [1.807, 2.05) is 24.4 Å². The molecular formula is C11H13ClN2O2S. The molecule has 0 fully saturated rings. The number of benzene rings is 1. The third kappa shape index (κ3) is 3.21. The highest BCUT2D eigenvalue weighted by Crippen LogP contribution is 2.22. The third-order valence-corrected chi connectivity index (χ3v) is 3.45. The SMILES string of the molecule is CS(=O)(=O)NCCc1c[nH]c2ccc(Cl)cc12. The molecule has 0 spiro atoms. The van der Waals surface area contributed by atoms with E-state index in [1.54, 1.807) is 0 Å². The zero-order valence-corrected chi connectivity index (χ0v) is 10.9. The van der Waals surface area contributed by atoms with Crippen LogP contribution >= 0.6 is 11.6 Å². The van der Waals surface area contributed by atoms with Gasteiger partial charge in [0.25, 0.3) is 0 Å². The van der Waals surface area contributed by atoms with Gasteiger partial charge in [-0.05, 0) is 30.2 Å². The molecule has 0 aliphatic rings. The van der Waals surface area contributed by atoms with E-state index >= 15 is 0 Å². The van der Waals surface area contributed by atoms with Crippen LogP contribution in [0.2, 0.25) is 5.02 Å². The van der Waals surface area contributed by atoms with Gasteiger partial charge in [0.1, 0.15) is 0 Å². The molecule has 0 saturated heterocycles. The molecule has 0 atom stereocenters. The molecule has 0 unspecified atom stereocenters. The number of rotatable bonds is 4. The van der Waals surface area contributed by atoms with Crippen molar-refractivity contribution in [1.82, 2.24) is 9.71 Å². The molecule has 0 saturated carbocycles. The number of aromatic amines is 1. The number of fused-ring (bicyclic) bond motifs is 1. The van der Waals surface area contributed by atoms with Crippen LogP contribution in [0.3, 0.4) is 0 Å². The summed E-state index contributed by atoms with van der Waals surface area (Å²) in [4.78, 5) is 3.13. The second-order valence-electron chi connectivity index (χ2n) is 3.92. The van der Waals surface area contributed by atoms with Crippen LogP contribution in [0.5, 0.6) is 0 Å². The van der Waals surface area contributed by atoms with Crippen LogP contribution in [0, 0.1) is 0 Å². The van der Waals surface area contributed by atoms with Crippen LogP contribution in [-0.4, -0.2) is 26.2 Å². The maximum atomic E-state index is 10.9. The molecule has 2 aromatic rings. The Bertz CT molecular complexity index is 634. The zero-order valence-electron chi connectivity index (χ0n) is 9.33. The summed E-state index contributed by atoms with van der Waals surface area (Å²) >= 11 is 5.93. The van der Waals surface area contributed by atoms with E-state index in [1.165, 1.54) is 0 Å². The molecule has 17 heavy (non-hydrogen) atoms. The summed E-state index contributed by atoms with van der Waals surface area (Å²) in [7, 11) is -3.13. The molecule has 2 rings (SSSR count). The van der Waals surface area contributed by atoms with Gasteiger partial charge in [0.2, 0.25) is 10.0 Å². The second-order valence-corrected chi connectivity index (χ2v) is 6.19. The van der Waals surface area contributed by atoms with Gasteiger partial charge in [-0.2, -0.15) is 0 Å². The van der Waals surface area contributed by atoms with Crippen molar-refractivity contribution in [3.8, 4) is 0 Å². The fourth-order valence-electron chi connectivity index (χ4n) is 1.73. The summed E-state index contributed by atoms with van der Waals surface area (Å²) < 4.78 is 24.3. The lowest BCUT2D eigenvalue weighted by Gasteiger charge is -2.01. The molecule has 2 N–H and O–H groups in total. The summed E-state index contributed by atoms with van der Waals surface area (Å²) in [6, 6.07) is 5.60. The third-order valence-electron chi connectivity index (χ3n) is 2.49. The summed E-state index contributed by atoms with van der Waals surface area (Å²) in [5, 5.41) is 1.71. The van der Waals surface area contributed by atoms with Crippen LogP contribution in [0.4, 0.5) is 0 Å². The Morgan fingerprint density at radius 1 is 1.41 bits per heavy atom. The second kappa shape index (κ2) is 4.68. The van der Waals surface area contributed by atoms with Crippen LogP contribution in [0.1, 0.15) is 5.56 Å². The highest BCUT2D eigenvalue weighted by molar-refractivity contribution is 7.88. The smallest absolute Gasteiger partial charge is 0.208 e. The van der Waals surface area contributed by atoms with Crippen molar-refractivity contribution >= 4 is 32.5 Å². The molecular weight excluding hydrogens is 260 g/mol. The Balaban J connectivity index is 2.16. The van der Waals surface area contributed by atoms with Gasteiger partial charge in [0.15, 0.2) is 0 Å². The molecule has 0 bridgehead atoms. The first-order valence-electron chi connectivity index (χ1n) is 5.16. The lowest BCUT2D eigenvalue weighted by molar-refractivity contribution is 0.588. The van der Waals surface area contributed by atoms with Gasteiger partial charge in [-0.3, -0.25) is 0 Å². The summed E-state index contributed by atoms with van der Waals surface area (Å²) in [6.45, 7) is 0.387. The molecule has 1 aromatic heterocycles. The molecule has 6 heteroatoms. The zero-order chi connectivity index (χ0) is 12.5. The molecule has 0 aliphatic heterocycles. The molecule has 0 aliphatic carbocycles. The average Bonchev–Trinajstić information content (AvgIpc) is 2.59. The number of halogens is 1. The van der Waals surface area contributed by atoms with Crippen LogP contribution in [-0.2, 0) is 16.4 Å². The first-order valence-corrected chi connectivity index (χ1v) is 7.43. The Hall–Kier alpha value is -1.04. The number of sulfonamides is 1. The van der Waals surface area contributed by atoms with Crippen molar-refractivity contribution in [1.29, 1.82) is 0 Å². The van der Waals surface area contributed by atoms with E-state index in [4.69, 9.17) is 11.6 Å². The van der Waals surface area contributed by atoms with Crippen LogP contribution < -0.4 is 4.72 Å². The van der Waals surface area contributed by atoms with Crippen molar-refractivity contribution in [2.75, 3.05) is 12.8 Å². The molecule has 1 heterocycles. The summed E-state index contributed by atoms with van der Waals surface area (Å²) in [5.74, 6) is 0. The van der Waals surface area contributed by atoms with Gasteiger partial charge >= 0.3 is 0 Å². The summed E-state index contributed by atoms with van der Waals surface area (Å²) in [6.07, 6.45) is 3.66. The quantitative estimate of drug-likeness (QED) is 0.893. The van der Waals surface area contributed by atoms with Gasteiger partial charge in [0.05, 0.1) is 6.26 Å². The largest absolute Gasteiger partial charge is 0.361 e. The first-order chi connectivity index (χ1) is 7.96. The van der Waals surface area contributed by atoms with Crippen LogP contribution in [0.15, 0.2) is 24.4 Å². The predicted octanol–water partition coefficient (Wildman–Crippen LogP) is 1.91. The standard InChI is InChI=1S/C11H13ClN2O2S/c1-17(15,16)14-5-4-8-7-13-11-3-2-9(12)6-10(8)11/h2-3,6-7,13-14H,4-5H2,1H3. The van der Waals surface area contributed by atoms with Crippen molar-refractivity contribution in [2.24, 2.45) is 0 Å². The number of H-pyrrole nitrogens is 1. The van der Waals surface area contributed by atoms with Gasteiger partial charge in [-0.15, -0.1) is 0 Å². The first kappa shape index (κ1) is 12.4. The van der Waals surface area contributed by atoms with Gasteiger partial charge in [-0.25, -0.2) is 13.1 Å². The summed E-state index contributed by atoms with van der Waals surface area (Å²) in [5.41, 5.74) is 2.06. The van der Waals surface area contributed by atoms with Crippen molar-refractivity contribution < 1.29 is 8.42 Å². The Labute approximate surface area is 105 Å². The van der Waals surface area contributed by atoms with E-state index in [2.05, 4.69) is 9.71 Å². The minimum atomic E-state index is -3.13. The van der Waals surface area contributed by atoms with E-state index in [0.717, 1.165) is 22.7 Å². The molecule has 92 valence electrons. The lowest BCUT2D eigenvalue weighted by atomic mass is 10.1. The highest BCUT2D eigenvalue weighted by Gasteiger charge is 2.05. The maximum Gasteiger partial charge on any atom is 0.208 e. The topological polar surface area (TPSA) is 62.0 Å². The van der Waals surface area contributed by atoms with Gasteiger partial charge in [0, 0.05) is 28.7 Å². The Morgan fingerprint density at radius 3 is 2.88 bits per heavy atom. The van der Waals surface area contributed by atoms with E-state index in [9.17, 15) is 8.42 Å². The minimum absolute atomic E-state index is 0.387. The average molecular weight is 273 g/mol. The minimum Gasteiger partial charge on any atom is -0.361 e. The Kier molecular flexibility index (Phi) is 3.42. The lowest BCUT2D eigenvalue weighted by Crippen LogP contribution is -2.24. The maximum absolute atomic E-state index is 10.9. The monoisotopic (exact) mass is 272 g/mol. The van der Waals surface area contributed by atoms with E-state index in [0.29, 0.717) is 18.0 Å². The normalized spacial score (nSPS) is 12.1. The Morgan fingerprint density at radius 2 is 2.18 bits per heavy atom. The highest BCUT2D eigenvalue weighted by atomic mass is 35.5. The molecule has 0 radical (unpaired) electrons. The molecule has 0 amide bonds. The van der Waals surface area contributed by atoms with Gasteiger partial charge < -0.3 is 4.98 Å². The van der Waals surface area contributed by atoms with Crippen LogP contribution in [0.25, 0.3) is 10.9 Å². The van der Waals surface area contributed by atoms with Crippen molar-refractivity contribution in [3.63, 3.8) is 0 Å².